The van der Waals surface area contributed by atoms with Gasteiger partial charge in [0.2, 0.25) is 0 Å². The number of methoxy groups -OCH3 is 1. The van der Waals surface area contributed by atoms with Gasteiger partial charge in [0.1, 0.15) is 6.33 Å². The molecule has 0 spiro atoms. The van der Waals surface area contributed by atoms with Gasteiger partial charge >= 0.3 is 0 Å². The number of aromatic nitrogens is 4. The van der Waals surface area contributed by atoms with E-state index in [1.807, 2.05) is 6.07 Å². The third-order valence-electron chi connectivity index (χ3n) is 3.62. The Kier molecular flexibility index (Phi) is 3.16. The van der Waals surface area contributed by atoms with Crippen molar-refractivity contribution in [3.05, 3.63) is 30.1 Å². The molecule has 2 aromatic rings. The van der Waals surface area contributed by atoms with E-state index >= 15 is 0 Å². The van der Waals surface area contributed by atoms with Gasteiger partial charge in [-0.25, -0.2) is 4.68 Å². The van der Waals surface area contributed by atoms with E-state index in [4.69, 9.17) is 4.74 Å². The Morgan fingerprint density at radius 1 is 1.37 bits per heavy atom. The summed E-state index contributed by atoms with van der Waals surface area (Å²) in [6.45, 7) is 2.10. The standard InChI is InChI=1S/C13H17N5O/c1-9-3-4-11(18-8-14-16-17-18)7-13(9)15-10-5-12(6-10)19-2/h3-4,7-8,10,12,15H,5-6H2,1-2H3. The van der Waals surface area contributed by atoms with Crippen molar-refractivity contribution < 1.29 is 4.74 Å². The van der Waals surface area contributed by atoms with E-state index in [-0.39, 0.29) is 0 Å². The zero-order valence-electron chi connectivity index (χ0n) is 11.1. The molecule has 0 saturated heterocycles. The Bertz CT molecular complexity index is 548. The molecule has 6 nitrogen and oxygen atoms in total. The van der Waals surface area contributed by atoms with Crippen LogP contribution in [0.15, 0.2) is 24.5 Å². The predicted molar refractivity (Wildman–Crippen MR) is 71.3 cm³/mol. The molecule has 1 heterocycles. The molecule has 1 aromatic carbocycles. The van der Waals surface area contributed by atoms with Crippen molar-refractivity contribution >= 4 is 5.69 Å². The lowest BCUT2D eigenvalue weighted by Crippen LogP contribution is -2.40. The average molecular weight is 259 g/mol. The van der Waals surface area contributed by atoms with Crippen molar-refractivity contribution in [2.24, 2.45) is 0 Å². The van der Waals surface area contributed by atoms with Gasteiger partial charge in [0.15, 0.2) is 0 Å². The number of nitrogens with zero attached hydrogens (tertiary/aromatic N) is 4. The molecule has 0 aliphatic heterocycles. The summed E-state index contributed by atoms with van der Waals surface area (Å²) >= 11 is 0. The Morgan fingerprint density at radius 2 is 2.21 bits per heavy atom. The third kappa shape index (κ3) is 2.44. The Balaban J connectivity index is 1.76. The number of ether oxygens (including phenoxy) is 1. The molecule has 1 aromatic heterocycles. The summed E-state index contributed by atoms with van der Waals surface area (Å²) in [6.07, 6.45) is 4.12. The molecular formula is C13H17N5O. The van der Waals surface area contributed by atoms with Crippen molar-refractivity contribution in [1.82, 2.24) is 20.2 Å². The van der Waals surface area contributed by atoms with Gasteiger partial charge in [-0.1, -0.05) is 6.07 Å². The molecule has 1 fully saturated rings. The number of benzene rings is 1. The van der Waals surface area contributed by atoms with Gasteiger partial charge in [0.25, 0.3) is 0 Å². The SMILES string of the molecule is COC1CC(Nc2cc(-n3cnnn3)ccc2C)C1. The summed E-state index contributed by atoms with van der Waals surface area (Å²) < 4.78 is 6.95. The minimum Gasteiger partial charge on any atom is -0.382 e. The van der Waals surface area contributed by atoms with Crippen LogP contribution in [0.1, 0.15) is 18.4 Å². The molecule has 1 aliphatic rings. The third-order valence-corrected chi connectivity index (χ3v) is 3.62. The Labute approximate surface area is 111 Å². The topological polar surface area (TPSA) is 64.9 Å². The van der Waals surface area contributed by atoms with Gasteiger partial charge in [0, 0.05) is 18.8 Å². The highest BCUT2D eigenvalue weighted by Crippen LogP contribution is 2.28. The lowest BCUT2D eigenvalue weighted by molar-refractivity contribution is 0.0328. The molecule has 1 N–H and O–H groups in total. The van der Waals surface area contributed by atoms with Crippen LogP contribution >= 0.6 is 0 Å². The van der Waals surface area contributed by atoms with Crippen LogP contribution in [0.25, 0.3) is 5.69 Å². The normalized spacial score (nSPS) is 22.0. The fraction of sp³-hybridized carbons (Fsp3) is 0.462. The van der Waals surface area contributed by atoms with E-state index in [1.165, 1.54) is 5.56 Å². The molecule has 0 radical (unpaired) electrons. The summed E-state index contributed by atoms with van der Waals surface area (Å²) in [5.41, 5.74) is 3.31. The highest BCUT2D eigenvalue weighted by molar-refractivity contribution is 5.57. The highest BCUT2D eigenvalue weighted by atomic mass is 16.5. The maximum Gasteiger partial charge on any atom is 0.143 e. The second-order valence-electron chi connectivity index (χ2n) is 4.92. The van der Waals surface area contributed by atoms with Crippen LogP contribution in [0.2, 0.25) is 0 Å². The van der Waals surface area contributed by atoms with Crippen molar-refractivity contribution in [3.8, 4) is 5.69 Å². The largest absolute Gasteiger partial charge is 0.382 e. The lowest BCUT2D eigenvalue weighted by Gasteiger charge is -2.35. The van der Waals surface area contributed by atoms with E-state index in [2.05, 4.69) is 39.9 Å². The molecular weight excluding hydrogens is 242 g/mol. The molecule has 100 valence electrons. The van der Waals surface area contributed by atoms with Gasteiger partial charge in [0.05, 0.1) is 11.8 Å². The van der Waals surface area contributed by atoms with Crippen LogP contribution in [-0.2, 0) is 4.74 Å². The lowest BCUT2D eigenvalue weighted by atomic mass is 9.89. The monoisotopic (exact) mass is 259 g/mol. The number of hydrogen-bond donors (Lipinski definition) is 1. The molecule has 0 atom stereocenters. The van der Waals surface area contributed by atoms with Crippen molar-refractivity contribution in [2.75, 3.05) is 12.4 Å². The van der Waals surface area contributed by atoms with Gasteiger partial charge in [-0.3, -0.25) is 0 Å². The van der Waals surface area contributed by atoms with Crippen LogP contribution < -0.4 is 5.32 Å². The molecule has 1 saturated carbocycles. The fourth-order valence-electron chi connectivity index (χ4n) is 2.28. The Hall–Kier alpha value is -1.95. The smallest absolute Gasteiger partial charge is 0.143 e. The number of tetrazole rings is 1. The zero-order valence-corrected chi connectivity index (χ0v) is 11.1. The maximum absolute atomic E-state index is 5.30. The average Bonchev–Trinajstić information content (AvgIpc) is 2.89. The van der Waals surface area contributed by atoms with Crippen LogP contribution in [0.3, 0.4) is 0 Å². The summed E-state index contributed by atoms with van der Waals surface area (Å²) in [4.78, 5) is 0. The van der Waals surface area contributed by atoms with Crippen molar-refractivity contribution in [2.45, 2.75) is 31.9 Å². The molecule has 0 unspecified atom stereocenters. The van der Waals surface area contributed by atoms with Crippen molar-refractivity contribution in [3.63, 3.8) is 0 Å². The predicted octanol–water partition coefficient (Wildman–Crippen LogP) is 1.56. The summed E-state index contributed by atoms with van der Waals surface area (Å²) in [5.74, 6) is 0. The molecule has 6 heteroatoms. The van der Waals surface area contributed by atoms with Gasteiger partial charge in [-0.05, 0) is 47.9 Å². The first-order valence-electron chi connectivity index (χ1n) is 6.39. The van der Waals surface area contributed by atoms with E-state index in [0.717, 1.165) is 24.2 Å². The van der Waals surface area contributed by atoms with Crippen molar-refractivity contribution in [1.29, 1.82) is 0 Å². The van der Waals surface area contributed by atoms with Crippen LogP contribution in [0, 0.1) is 6.92 Å². The quantitative estimate of drug-likeness (QED) is 0.902. The number of nitrogens with one attached hydrogen (secondary N) is 1. The second-order valence-corrected chi connectivity index (χ2v) is 4.92. The fourth-order valence-corrected chi connectivity index (χ4v) is 2.28. The Morgan fingerprint density at radius 3 is 2.89 bits per heavy atom. The molecule has 3 rings (SSSR count). The highest BCUT2D eigenvalue weighted by Gasteiger charge is 2.29. The summed E-state index contributed by atoms with van der Waals surface area (Å²) in [6, 6.07) is 6.65. The molecule has 1 aliphatic carbocycles. The first-order valence-corrected chi connectivity index (χ1v) is 6.39. The molecule has 19 heavy (non-hydrogen) atoms. The summed E-state index contributed by atoms with van der Waals surface area (Å²) in [5, 5.41) is 14.8. The molecule has 0 bridgehead atoms. The number of anilines is 1. The minimum absolute atomic E-state index is 0.403. The zero-order chi connectivity index (χ0) is 13.2. The number of aryl methyl sites for hydroxylation is 1. The number of hydrogen-bond acceptors (Lipinski definition) is 5. The number of rotatable bonds is 4. The maximum atomic E-state index is 5.30. The minimum atomic E-state index is 0.403. The van der Waals surface area contributed by atoms with E-state index in [9.17, 15) is 0 Å². The van der Waals surface area contributed by atoms with E-state index in [0.29, 0.717) is 12.1 Å². The van der Waals surface area contributed by atoms with Crippen LogP contribution in [0.4, 0.5) is 5.69 Å². The van der Waals surface area contributed by atoms with E-state index < -0.39 is 0 Å². The first-order chi connectivity index (χ1) is 9.26. The van der Waals surface area contributed by atoms with Crippen LogP contribution in [0.5, 0.6) is 0 Å². The van der Waals surface area contributed by atoms with Gasteiger partial charge in [-0.2, -0.15) is 0 Å². The van der Waals surface area contributed by atoms with Gasteiger partial charge < -0.3 is 10.1 Å². The molecule has 0 amide bonds. The first kappa shape index (κ1) is 12.1. The van der Waals surface area contributed by atoms with Crippen LogP contribution in [-0.4, -0.2) is 39.5 Å². The van der Waals surface area contributed by atoms with E-state index in [1.54, 1.807) is 18.1 Å². The van der Waals surface area contributed by atoms with Gasteiger partial charge in [-0.15, -0.1) is 5.10 Å². The second kappa shape index (κ2) is 4.97. The summed E-state index contributed by atoms with van der Waals surface area (Å²) in [7, 11) is 1.77.